The van der Waals surface area contributed by atoms with Gasteiger partial charge in [0.1, 0.15) is 6.04 Å². The molecule has 0 aromatic heterocycles. The van der Waals surface area contributed by atoms with Gasteiger partial charge in [0.2, 0.25) is 12.7 Å². The van der Waals surface area contributed by atoms with Crippen molar-refractivity contribution in [2.24, 2.45) is 0 Å². The first-order chi connectivity index (χ1) is 16.1. The van der Waals surface area contributed by atoms with Crippen LogP contribution in [0.5, 0.6) is 11.5 Å². The van der Waals surface area contributed by atoms with Crippen molar-refractivity contribution < 1.29 is 28.7 Å². The second-order valence-corrected chi connectivity index (χ2v) is 7.85. The van der Waals surface area contributed by atoms with Gasteiger partial charge < -0.3 is 29.8 Å². The van der Waals surface area contributed by atoms with E-state index in [0.29, 0.717) is 41.2 Å². The fourth-order valence-electron chi connectivity index (χ4n) is 3.86. The zero-order chi connectivity index (χ0) is 22.8. The average molecular weight is 444 g/mol. The normalized spacial score (nSPS) is 14.5. The molecule has 2 aliphatic heterocycles. The third-order valence-electron chi connectivity index (χ3n) is 5.62. The highest BCUT2D eigenvalue weighted by Gasteiger charge is 2.28. The van der Waals surface area contributed by atoms with Gasteiger partial charge in [-0.05, 0) is 46.9 Å². The second-order valence-electron chi connectivity index (χ2n) is 7.85. The van der Waals surface area contributed by atoms with Crippen LogP contribution in [0.2, 0.25) is 0 Å². The molecule has 3 N–H and O–H groups in total. The van der Waals surface area contributed by atoms with Gasteiger partial charge in [-0.15, -0.1) is 0 Å². The van der Waals surface area contributed by atoms with Crippen LogP contribution in [0, 0.1) is 0 Å². The van der Waals surface area contributed by atoms with Crippen LogP contribution in [0.1, 0.15) is 21.5 Å². The first kappa shape index (κ1) is 21.1. The van der Waals surface area contributed by atoms with Crippen LogP contribution in [0.3, 0.4) is 0 Å². The Kier molecular flexibility index (Phi) is 5.72. The van der Waals surface area contributed by atoms with E-state index in [9.17, 15) is 14.6 Å². The van der Waals surface area contributed by atoms with Crippen molar-refractivity contribution in [2.75, 3.05) is 12.1 Å². The summed E-state index contributed by atoms with van der Waals surface area (Å²) in [6, 6.07) is 18.7. The minimum Gasteiger partial charge on any atom is -0.454 e. The number of hydrogen-bond donors (Lipinski definition) is 3. The first-order valence-corrected chi connectivity index (χ1v) is 10.5. The molecule has 0 spiro atoms. The fourth-order valence-corrected chi connectivity index (χ4v) is 3.86. The van der Waals surface area contributed by atoms with Crippen LogP contribution in [-0.4, -0.2) is 36.8 Å². The maximum absolute atomic E-state index is 13.2. The minimum absolute atomic E-state index is 0.111. The van der Waals surface area contributed by atoms with Gasteiger partial charge in [-0.25, -0.2) is 0 Å². The summed E-state index contributed by atoms with van der Waals surface area (Å²) >= 11 is 0. The third-order valence-corrected chi connectivity index (χ3v) is 5.62. The van der Waals surface area contributed by atoms with E-state index in [1.54, 1.807) is 36.4 Å². The van der Waals surface area contributed by atoms with Crippen molar-refractivity contribution in [3.05, 3.63) is 83.4 Å². The summed E-state index contributed by atoms with van der Waals surface area (Å²) in [5.41, 5.74) is 3.28. The molecule has 3 aromatic rings. The van der Waals surface area contributed by atoms with Gasteiger partial charge in [0.15, 0.2) is 11.5 Å². The number of amides is 2. The molecular weight excluding hydrogens is 423 g/mol. The number of hydrogen-bond acceptors (Lipinski definition) is 6. The van der Waals surface area contributed by atoms with Crippen LogP contribution in [0.15, 0.2) is 66.7 Å². The SMILES string of the molecule is O=C(N[C@@H](Cc1ccccc1)C(=O)Nc1ccc2c(c1)B(O)OC2)c1ccc2c(c1)OCO2. The number of anilines is 1. The van der Waals surface area contributed by atoms with Crippen LogP contribution in [-0.2, 0) is 22.5 Å². The maximum atomic E-state index is 13.2. The van der Waals surface area contributed by atoms with Crippen molar-refractivity contribution in [3.63, 3.8) is 0 Å². The van der Waals surface area contributed by atoms with Crippen molar-refractivity contribution in [2.45, 2.75) is 19.1 Å². The molecule has 2 heterocycles. The lowest BCUT2D eigenvalue weighted by Crippen LogP contribution is -2.45. The molecular formula is C24H21BN2O6. The molecule has 8 nitrogen and oxygen atoms in total. The molecule has 0 fully saturated rings. The summed E-state index contributed by atoms with van der Waals surface area (Å²) in [4.78, 5) is 26.1. The molecule has 0 saturated carbocycles. The Balaban J connectivity index is 1.35. The van der Waals surface area contributed by atoms with Gasteiger partial charge in [0.25, 0.3) is 5.91 Å². The van der Waals surface area contributed by atoms with Gasteiger partial charge in [-0.3, -0.25) is 9.59 Å². The van der Waals surface area contributed by atoms with Gasteiger partial charge in [-0.2, -0.15) is 0 Å². The molecule has 0 unspecified atom stereocenters. The van der Waals surface area contributed by atoms with Gasteiger partial charge in [-0.1, -0.05) is 36.4 Å². The standard InChI is InChI=1S/C24H21BN2O6/c28-23(16-7-9-21-22(11-16)32-14-31-21)27-20(10-15-4-2-1-3-5-15)24(29)26-18-8-6-17-13-33-25(30)19(17)12-18/h1-9,11-12,20,30H,10,13-14H2,(H,26,29)(H,27,28)/t20-/m0/s1. The van der Waals surface area contributed by atoms with Crippen molar-refractivity contribution in [1.29, 1.82) is 0 Å². The highest BCUT2D eigenvalue weighted by atomic mass is 16.7. The monoisotopic (exact) mass is 444 g/mol. The molecule has 5 rings (SSSR count). The smallest absolute Gasteiger partial charge is 0.454 e. The lowest BCUT2D eigenvalue weighted by atomic mass is 9.79. The predicted molar refractivity (Wildman–Crippen MR) is 121 cm³/mol. The molecule has 1 atom stereocenters. The Morgan fingerprint density at radius 2 is 1.82 bits per heavy atom. The molecule has 2 aliphatic rings. The number of fused-ring (bicyclic) bond motifs is 2. The first-order valence-electron chi connectivity index (χ1n) is 10.5. The lowest BCUT2D eigenvalue weighted by Gasteiger charge is -2.19. The Bertz CT molecular complexity index is 1200. The number of ether oxygens (including phenoxy) is 2. The summed E-state index contributed by atoms with van der Waals surface area (Å²) in [7, 11) is -1.01. The van der Waals surface area contributed by atoms with Crippen LogP contribution < -0.4 is 25.6 Å². The summed E-state index contributed by atoms with van der Waals surface area (Å²) in [6.07, 6.45) is 0.305. The van der Waals surface area contributed by atoms with Gasteiger partial charge in [0.05, 0.1) is 6.61 Å². The number of carbonyl (C=O) groups excluding carboxylic acids is 2. The van der Waals surface area contributed by atoms with E-state index in [1.165, 1.54) is 0 Å². The Hall–Kier alpha value is -3.82. The predicted octanol–water partition coefficient (Wildman–Crippen LogP) is 1.61. The van der Waals surface area contributed by atoms with E-state index < -0.39 is 19.1 Å². The number of carbonyl (C=O) groups is 2. The van der Waals surface area contributed by atoms with E-state index in [4.69, 9.17) is 14.1 Å². The Morgan fingerprint density at radius 3 is 2.67 bits per heavy atom. The average Bonchev–Trinajstić information content (AvgIpc) is 3.45. The molecule has 0 bridgehead atoms. The summed E-state index contributed by atoms with van der Waals surface area (Å²) < 4.78 is 15.9. The molecule has 2 amide bonds. The molecule has 3 aromatic carbocycles. The lowest BCUT2D eigenvalue weighted by molar-refractivity contribution is -0.118. The van der Waals surface area contributed by atoms with Crippen molar-refractivity contribution in [3.8, 4) is 11.5 Å². The van der Waals surface area contributed by atoms with E-state index >= 15 is 0 Å². The fraction of sp³-hybridized carbons (Fsp3) is 0.167. The zero-order valence-electron chi connectivity index (χ0n) is 17.6. The van der Waals surface area contributed by atoms with Crippen molar-refractivity contribution >= 4 is 30.1 Å². The summed E-state index contributed by atoms with van der Waals surface area (Å²) in [6.45, 7) is 0.437. The maximum Gasteiger partial charge on any atom is 0.491 e. The van der Waals surface area contributed by atoms with Crippen LogP contribution in [0.25, 0.3) is 0 Å². The van der Waals surface area contributed by atoms with E-state index in [0.717, 1.165) is 11.1 Å². The minimum atomic E-state index is -1.01. The molecule has 33 heavy (non-hydrogen) atoms. The molecule has 166 valence electrons. The summed E-state index contributed by atoms with van der Waals surface area (Å²) in [5.74, 6) is 0.294. The van der Waals surface area contributed by atoms with Crippen LogP contribution >= 0.6 is 0 Å². The van der Waals surface area contributed by atoms with E-state index in [2.05, 4.69) is 10.6 Å². The molecule has 9 heteroatoms. The second kappa shape index (κ2) is 8.97. The van der Waals surface area contributed by atoms with Gasteiger partial charge >= 0.3 is 7.12 Å². The largest absolute Gasteiger partial charge is 0.491 e. The van der Waals surface area contributed by atoms with E-state index in [-0.39, 0.29) is 12.7 Å². The quantitative estimate of drug-likeness (QED) is 0.499. The highest BCUT2D eigenvalue weighted by Crippen LogP contribution is 2.32. The Morgan fingerprint density at radius 1 is 1.00 bits per heavy atom. The van der Waals surface area contributed by atoms with E-state index in [1.807, 2.05) is 30.3 Å². The Labute approximate surface area is 190 Å². The topological polar surface area (TPSA) is 106 Å². The molecule has 0 saturated heterocycles. The number of nitrogens with one attached hydrogen (secondary N) is 2. The number of rotatable bonds is 6. The molecule has 0 aliphatic carbocycles. The zero-order valence-corrected chi connectivity index (χ0v) is 17.6. The summed E-state index contributed by atoms with van der Waals surface area (Å²) in [5, 5.41) is 15.6. The van der Waals surface area contributed by atoms with Gasteiger partial charge in [0, 0.05) is 17.7 Å². The number of benzene rings is 3. The van der Waals surface area contributed by atoms with Crippen molar-refractivity contribution in [1.82, 2.24) is 5.32 Å². The highest BCUT2D eigenvalue weighted by molar-refractivity contribution is 6.61. The molecule has 0 radical (unpaired) electrons. The van der Waals surface area contributed by atoms with Crippen LogP contribution in [0.4, 0.5) is 5.69 Å². The third kappa shape index (κ3) is 4.55.